The molecule has 0 saturated heterocycles. The summed E-state index contributed by atoms with van der Waals surface area (Å²) in [6.07, 6.45) is 14.5. The number of hydrogen-bond donors (Lipinski definition) is 0. The summed E-state index contributed by atoms with van der Waals surface area (Å²) in [6, 6.07) is 13.4. The van der Waals surface area contributed by atoms with Crippen molar-refractivity contribution in [3.63, 3.8) is 0 Å². The molecule has 0 N–H and O–H groups in total. The van der Waals surface area contributed by atoms with Gasteiger partial charge in [-0.15, -0.1) is 0 Å². The number of unbranched alkanes of at least 4 members (excludes halogenated alkanes) is 3. The predicted octanol–water partition coefficient (Wildman–Crippen LogP) is 8.29. The molecule has 2 aliphatic rings. The van der Waals surface area contributed by atoms with Crippen molar-refractivity contribution in [2.24, 2.45) is 5.92 Å². The highest BCUT2D eigenvalue weighted by molar-refractivity contribution is 6.03. The molecule has 31 heavy (non-hydrogen) atoms. The van der Waals surface area contributed by atoms with Gasteiger partial charge in [0.25, 0.3) is 0 Å². The number of benzene rings is 2. The van der Waals surface area contributed by atoms with Crippen molar-refractivity contribution >= 4 is 11.9 Å². The maximum atomic E-state index is 14.1. The van der Waals surface area contributed by atoms with E-state index in [0.717, 1.165) is 23.1 Å². The molecule has 4 rings (SSSR count). The van der Waals surface area contributed by atoms with E-state index in [0.29, 0.717) is 11.5 Å². The van der Waals surface area contributed by atoms with Gasteiger partial charge in [-0.05, 0) is 71.9 Å². The van der Waals surface area contributed by atoms with E-state index in [2.05, 4.69) is 31.2 Å². The van der Waals surface area contributed by atoms with Crippen molar-refractivity contribution in [2.75, 3.05) is 0 Å². The minimum atomic E-state index is -3.43. The summed E-state index contributed by atoms with van der Waals surface area (Å²) in [5, 5.41) is 0. The highest BCUT2D eigenvalue weighted by Gasteiger charge is 2.42. The standard InChI is InChI=1S/C28H32F2O/c1-2-3-4-5-6-20-7-9-21(10-8-20)22-11-13-23(14-12-22)24-15-17-26-25(19-24)16-18-27(31)28(26,29)30/h11-21H,2-10H2,1H3. The summed E-state index contributed by atoms with van der Waals surface area (Å²) in [5.74, 6) is -3.03. The zero-order valence-corrected chi connectivity index (χ0v) is 18.4. The van der Waals surface area contributed by atoms with E-state index in [1.54, 1.807) is 12.1 Å². The van der Waals surface area contributed by atoms with Crippen molar-refractivity contribution in [2.45, 2.75) is 76.6 Å². The Morgan fingerprint density at radius 2 is 1.58 bits per heavy atom. The van der Waals surface area contributed by atoms with Crippen molar-refractivity contribution in [3.8, 4) is 11.1 Å². The average Bonchev–Trinajstić information content (AvgIpc) is 2.80. The fourth-order valence-corrected chi connectivity index (χ4v) is 5.16. The van der Waals surface area contributed by atoms with E-state index in [1.807, 2.05) is 0 Å². The van der Waals surface area contributed by atoms with Gasteiger partial charge in [-0.3, -0.25) is 4.79 Å². The number of carbonyl (C=O) groups is 1. The molecule has 0 aromatic heterocycles. The number of fused-ring (bicyclic) bond motifs is 1. The van der Waals surface area contributed by atoms with E-state index in [4.69, 9.17) is 0 Å². The lowest BCUT2D eigenvalue weighted by Gasteiger charge is -2.29. The van der Waals surface area contributed by atoms with E-state index >= 15 is 0 Å². The normalized spacial score (nSPS) is 22.4. The lowest BCUT2D eigenvalue weighted by Crippen LogP contribution is -2.27. The first kappa shape index (κ1) is 21.9. The van der Waals surface area contributed by atoms with E-state index in [1.165, 1.54) is 75.5 Å². The summed E-state index contributed by atoms with van der Waals surface area (Å²) >= 11 is 0. The van der Waals surface area contributed by atoms with Crippen LogP contribution in [0.2, 0.25) is 0 Å². The number of carbonyl (C=O) groups excluding carboxylic acids is 1. The van der Waals surface area contributed by atoms with Gasteiger partial charge in [-0.2, -0.15) is 8.78 Å². The van der Waals surface area contributed by atoms with Crippen molar-refractivity contribution in [3.05, 3.63) is 65.2 Å². The molecule has 1 nitrogen and oxygen atoms in total. The Morgan fingerprint density at radius 3 is 2.29 bits per heavy atom. The van der Waals surface area contributed by atoms with Gasteiger partial charge in [0.2, 0.25) is 5.78 Å². The van der Waals surface area contributed by atoms with Gasteiger partial charge >= 0.3 is 5.92 Å². The van der Waals surface area contributed by atoms with Gasteiger partial charge in [-0.1, -0.05) is 81.5 Å². The second kappa shape index (κ2) is 9.46. The third-order valence-electron chi connectivity index (χ3n) is 7.14. The van der Waals surface area contributed by atoms with Gasteiger partial charge in [0, 0.05) is 5.56 Å². The Bertz CT molecular complexity index is 934. The topological polar surface area (TPSA) is 17.1 Å². The molecule has 1 saturated carbocycles. The Balaban J connectivity index is 1.39. The molecule has 0 radical (unpaired) electrons. The SMILES string of the molecule is CCCCCCC1CCC(c2ccc(-c3ccc4c(c3)C=CC(=O)C4(F)F)cc2)CC1. The molecular weight excluding hydrogens is 390 g/mol. The Hall–Kier alpha value is -2.29. The van der Waals surface area contributed by atoms with Gasteiger partial charge in [0.05, 0.1) is 0 Å². The van der Waals surface area contributed by atoms with Crippen molar-refractivity contribution in [1.29, 1.82) is 0 Å². The van der Waals surface area contributed by atoms with Crippen LogP contribution in [0.1, 0.15) is 87.3 Å². The molecule has 2 aliphatic carbocycles. The first-order chi connectivity index (χ1) is 15.0. The van der Waals surface area contributed by atoms with Crippen LogP contribution in [-0.2, 0) is 10.7 Å². The summed E-state index contributed by atoms with van der Waals surface area (Å²) in [4.78, 5) is 11.5. The Labute approximate surface area is 184 Å². The Kier molecular flexibility index (Phi) is 6.69. The smallest absolute Gasteiger partial charge is 0.288 e. The molecule has 2 aromatic rings. The molecule has 3 heteroatoms. The van der Waals surface area contributed by atoms with Crippen LogP contribution in [0.3, 0.4) is 0 Å². The molecule has 0 spiro atoms. The van der Waals surface area contributed by atoms with Crippen LogP contribution in [0.5, 0.6) is 0 Å². The maximum Gasteiger partial charge on any atom is 0.334 e. The summed E-state index contributed by atoms with van der Waals surface area (Å²) in [6.45, 7) is 2.26. The third-order valence-corrected chi connectivity index (χ3v) is 7.14. The number of hydrogen-bond acceptors (Lipinski definition) is 1. The highest BCUT2D eigenvalue weighted by atomic mass is 19.3. The molecule has 0 bridgehead atoms. The quantitative estimate of drug-likeness (QED) is 0.410. The van der Waals surface area contributed by atoms with Gasteiger partial charge in [0.1, 0.15) is 0 Å². The molecule has 1 fully saturated rings. The fourth-order valence-electron chi connectivity index (χ4n) is 5.16. The molecule has 0 unspecified atom stereocenters. The largest absolute Gasteiger partial charge is 0.334 e. The Morgan fingerprint density at radius 1 is 0.871 bits per heavy atom. The second-order valence-corrected chi connectivity index (χ2v) is 9.26. The van der Waals surface area contributed by atoms with Crippen molar-refractivity contribution in [1.82, 2.24) is 0 Å². The zero-order chi connectivity index (χ0) is 21.8. The molecular formula is C28H32F2O. The lowest BCUT2D eigenvalue weighted by atomic mass is 9.77. The van der Waals surface area contributed by atoms with Crippen LogP contribution in [0.15, 0.2) is 48.5 Å². The zero-order valence-electron chi connectivity index (χ0n) is 18.4. The molecule has 0 amide bonds. The summed E-state index contributed by atoms with van der Waals surface area (Å²) < 4.78 is 28.2. The second-order valence-electron chi connectivity index (χ2n) is 9.26. The minimum absolute atomic E-state index is 0.202. The first-order valence-corrected chi connectivity index (χ1v) is 11.8. The van der Waals surface area contributed by atoms with Crippen LogP contribution < -0.4 is 0 Å². The number of ketones is 1. The molecule has 0 heterocycles. The van der Waals surface area contributed by atoms with Crippen LogP contribution in [0.25, 0.3) is 17.2 Å². The van der Waals surface area contributed by atoms with E-state index in [9.17, 15) is 13.6 Å². The fraction of sp³-hybridized carbons (Fsp3) is 0.464. The maximum absolute atomic E-state index is 14.1. The van der Waals surface area contributed by atoms with Gasteiger partial charge in [-0.25, -0.2) is 0 Å². The number of halogens is 2. The van der Waals surface area contributed by atoms with E-state index < -0.39 is 11.7 Å². The number of rotatable bonds is 7. The van der Waals surface area contributed by atoms with Crippen LogP contribution >= 0.6 is 0 Å². The third kappa shape index (κ3) is 4.81. The molecule has 0 aliphatic heterocycles. The minimum Gasteiger partial charge on any atom is -0.288 e. The van der Waals surface area contributed by atoms with E-state index in [-0.39, 0.29) is 5.56 Å². The monoisotopic (exact) mass is 422 g/mol. The number of allylic oxidation sites excluding steroid dienone is 1. The highest BCUT2D eigenvalue weighted by Crippen LogP contribution is 2.40. The number of alkyl halides is 2. The first-order valence-electron chi connectivity index (χ1n) is 11.8. The van der Waals surface area contributed by atoms with Crippen LogP contribution in [-0.4, -0.2) is 5.78 Å². The van der Waals surface area contributed by atoms with Crippen molar-refractivity contribution < 1.29 is 13.6 Å². The predicted molar refractivity (Wildman–Crippen MR) is 123 cm³/mol. The lowest BCUT2D eigenvalue weighted by molar-refractivity contribution is -0.139. The molecule has 2 aromatic carbocycles. The molecule has 0 atom stereocenters. The summed E-state index contributed by atoms with van der Waals surface area (Å²) in [7, 11) is 0. The van der Waals surface area contributed by atoms with Gasteiger partial charge < -0.3 is 0 Å². The van der Waals surface area contributed by atoms with Gasteiger partial charge in [0.15, 0.2) is 0 Å². The van der Waals surface area contributed by atoms with Crippen LogP contribution in [0, 0.1) is 5.92 Å². The summed E-state index contributed by atoms with van der Waals surface area (Å²) in [5.41, 5.74) is 3.53. The van der Waals surface area contributed by atoms with Crippen LogP contribution in [0.4, 0.5) is 8.78 Å². The molecule has 164 valence electrons. The average molecular weight is 423 g/mol.